The molecule has 0 atom stereocenters. The Bertz CT molecular complexity index is 789. The van der Waals surface area contributed by atoms with Gasteiger partial charge in [-0.1, -0.05) is 36.4 Å². The Morgan fingerprint density at radius 2 is 1.85 bits per heavy atom. The highest BCUT2D eigenvalue weighted by molar-refractivity contribution is 5.57. The first-order valence-electron chi connectivity index (χ1n) is 5.87. The molecule has 2 aromatic carbocycles. The molecule has 0 aliphatic carbocycles. The Hall–Kier alpha value is -3.20. The van der Waals surface area contributed by atoms with E-state index in [2.05, 4.69) is 15.4 Å². The van der Waals surface area contributed by atoms with E-state index in [0.29, 0.717) is 11.5 Å². The largest absolute Gasteiger partial charge is 0.506 e. The Morgan fingerprint density at radius 3 is 2.60 bits per heavy atom. The second-order valence-corrected chi connectivity index (χ2v) is 4.05. The summed E-state index contributed by atoms with van der Waals surface area (Å²) in [5.41, 5.74) is 1.34. The molecule has 0 aliphatic rings. The van der Waals surface area contributed by atoms with Gasteiger partial charge in [0.1, 0.15) is 23.1 Å². The van der Waals surface area contributed by atoms with Crippen molar-refractivity contribution in [1.29, 1.82) is 5.26 Å². The minimum atomic E-state index is -0.108. The van der Waals surface area contributed by atoms with Crippen LogP contribution in [0.15, 0.2) is 48.5 Å². The van der Waals surface area contributed by atoms with E-state index in [0.717, 1.165) is 5.56 Å². The molecular weight excluding hydrogens is 254 g/mol. The van der Waals surface area contributed by atoms with Crippen molar-refractivity contribution >= 4 is 0 Å². The molecule has 0 saturated carbocycles. The maximum absolute atomic E-state index is 9.66. The highest BCUT2D eigenvalue weighted by Gasteiger charge is 2.13. The molecule has 0 amide bonds. The SMILES string of the molecule is N#Cc1c(O)cccc1-n1nnc(-c2ccccc2)n1. The summed E-state index contributed by atoms with van der Waals surface area (Å²) in [6, 6.07) is 16.0. The maximum Gasteiger partial charge on any atom is 0.205 e. The molecule has 1 heterocycles. The highest BCUT2D eigenvalue weighted by atomic mass is 16.3. The summed E-state index contributed by atoms with van der Waals surface area (Å²) in [6.07, 6.45) is 0. The molecule has 0 fully saturated rings. The van der Waals surface area contributed by atoms with Crippen molar-refractivity contribution in [3.05, 3.63) is 54.1 Å². The first-order valence-corrected chi connectivity index (χ1v) is 5.87. The van der Waals surface area contributed by atoms with Gasteiger partial charge in [0.25, 0.3) is 0 Å². The molecule has 0 aliphatic heterocycles. The van der Waals surface area contributed by atoms with Crippen LogP contribution in [0.2, 0.25) is 0 Å². The van der Waals surface area contributed by atoms with E-state index in [1.54, 1.807) is 12.1 Å². The smallest absolute Gasteiger partial charge is 0.205 e. The van der Waals surface area contributed by atoms with Gasteiger partial charge in [-0.3, -0.25) is 0 Å². The lowest BCUT2D eigenvalue weighted by Gasteiger charge is -2.02. The number of phenols is 1. The zero-order chi connectivity index (χ0) is 13.9. The summed E-state index contributed by atoms with van der Waals surface area (Å²) < 4.78 is 0. The fraction of sp³-hybridized carbons (Fsp3) is 0. The maximum atomic E-state index is 9.66. The van der Waals surface area contributed by atoms with Crippen LogP contribution in [0.25, 0.3) is 17.1 Å². The van der Waals surface area contributed by atoms with Gasteiger partial charge in [-0.2, -0.15) is 5.26 Å². The van der Waals surface area contributed by atoms with E-state index in [1.807, 2.05) is 36.4 Å². The Labute approximate surface area is 114 Å². The molecule has 3 rings (SSSR count). The van der Waals surface area contributed by atoms with Gasteiger partial charge in [0.2, 0.25) is 5.82 Å². The van der Waals surface area contributed by atoms with Crippen molar-refractivity contribution in [3.8, 4) is 28.9 Å². The summed E-state index contributed by atoms with van der Waals surface area (Å²) >= 11 is 0. The zero-order valence-corrected chi connectivity index (χ0v) is 10.3. The normalized spacial score (nSPS) is 10.2. The molecular formula is C14H9N5O. The van der Waals surface area contributed by atoms with E-state index in [1.165, 1.54) is 10.9 Å². The number of nitriles is 1. The van der Waals surface area contributed by atoms with Gasteiger partial charge in [-0.05, 0) is 17.3 Å². The van der Waals surface area contributed by atoms with E-state index in [-0.39, 0.29) is 11.3 Å². The van der Waals surface area contributed by atoms with Crippen molar-refractivity contribution < 1.29 is 5.11 Å². The first-order chi connectivity index (χ1) is 9.79. The molecule has 1 N–H and O–H groups in total. The van der Waals surface area contributed by atoms with Gasteiger partial charge >= 0.3 is 0 Å². The highest BCUT2D eigenvalue weighted by Crippen LogP contribution is 2.22. The van der Waals surface area contributed by atoms with Crippen molar-refractivity contribution in [1.82, 2.24) is 20.2 Å². The molecule has 0 spiro atoms. The number of rotatable bonds is 2. The average molecular weight is 263 g/mol. The quantitative estimate of drug-likeness (QED) is 0.763. The third kappa shape index (κ3) is 1.97. The number of benzene rings is 2. The number of tetrazole rings is 1. The van der Waals surface area contributed by atoms with Gasteiger partial charge in [-0.25, -0.2) is 0 Å². The summed E-state index contributed by atoms with van der Waals surface area (Å²) in [7, 11) is 0. The number of hydrogen-bond donors (Lipinski definition) is 1. The molecule has 6 nitrogen and oxygen atoms in total. The fourth-order valence-electron chi connectivity index (χ4n) is 1.83. The second kappa shape index (κ2) is 4.82. The van der Waals surface area contributed by atoms with Crippen LogP contribution in [0.5, 0.6) is 5.75 Å². The number of nitrogens with zero attached hydrogens (tertiary/aromatic N) is 5. The van der Waals surface area contributed by atoms with Gasteiger partial charge in [-0.15, -0.1) is 15.0 Å². The van der Waals surface area contributed by atoms with Crippen LogP contribution >= 0.6 is 0 Å². The van der Waals surface area contributed by atoms with Gasteiger partial charge < -0.3 is 5.11 Å². The average Bonchev–Trinajstić information content (AvgIpc) is 2.97. The van der Waals surface area contributed by atoms with Crippen LogP contribution < -0.4 is 0 Å². The van der Waals surface area contributed by atoms with Crippen LogP contribution in [0, 0.1) is 11.3 Å². The van der Waals surface area contributed by atoms with Crippen molar-refractivity contribution in [2.24, 2.45) is 0 Å². The predicted octanol–water partition coefficient (Wildman–Crippen LogP) is 1.91. The van der Waals surface area contributed by atoms with Crippen molar-refractivity contribution in [3.63, 3.8) is 0 Å². The molecule has 1 aromatic heterocycles. The summed E-state index contributed by atoms with van der Waals surface area (Å²) in [4.78, 5) is 1.24. The molecule has 0 bridgehead atoms. The van der Waals surface area contributed by atoms with E-state index < -0.39 is 0 Å². The predicted molar refractivity (Wildman–Crippen MR) is 71.0 cm³/mol. The van der Waals surface area contributed by atoms with Crippen LogP contribution in [-0.4, -0.2) is 25.3 Å². The van der Waals surface area contributed by atoms with Crippen molar-refractivity contribution in [2.45, 2.75) is 0 Å². The summed E-state index contributed by atoms with van der Waals surface area (Å²) in [6.45, 7) is 0. The Balaban J connectivity index is 2.08. The lowest BCUT2D eigenvalue weighted by Crippen LogP contribution is -2.02. The van der Waals surface area contributed by atoms with Crippen LogP contribution in [-0.2, 0) is 0 Å². The lowest BCUT2D eigenvalue weighted by atomic mass is 10.2. The number of aromatic hydroxyl groups is 1. The molecule has 96 valence electrons. The van der Waals surface area contributed by atoms with Crippen LogP contribution in [0.4, 0.5) is 0 Å². The minimum Gasteiger partial charge on any atom is -0.506 e. The van der Waals surface area contributed by atoms with Gasteiger partial charge in [0.15, 0.2) is 0 Å². The number of hydrogen-bond acceptors (Lipinski definition) is 5. The molecule has 6 heteroatoms. The monoisotopic (exact) mass is 263 g/mol. The summed E-state index contributed by atoms with van der Waals surface area (Å²) in [5.74, 6) is 0.349. The molecule has 3 aromatic rings. The number of phenolic OH excluding ortho intramolecular Hbond substituents is 1. The van der Waals surface area contributed by atoms with Gasteiger partial charge in [0, 0.05) is 5.56 Å². The number of aromatic nitrogens is 4. The Kier molecular flexibility index (Phi) is 2.86. The van der Waals surface area contributed by atoms with E-state index in [9.17, 15) is 5.11 Å². The molecule has 0 radical (unpaired) electrons. The third-order valence-electron chi connectivity index (χ3n) is 2.79. The lowest BCUT2D eigenvalue weighted by molar-refractivity contribution is 0.472. The minimum absolute atomic E-state index is 0.108. The second-order valence-electron chi connectivity index (χ2n) is 4.05. The first kappa shape index (κ1) is 11.9. The standard InChI is InChI=1S/C14H9N5O/c15-9-11-12(7-4-8-13(11)20)19-17-14(16-18-19)10-5-2-1-3-6-10/h1-8,20H. The van der Waals surface area contributed by atoms with Gasteiger partial charge in [0.05, 0.1) is 0 Å². The molecule has 0 saturated heterocycles. The fourth-order valence-corrected chi connectivity index (χ4v) is 1.83. The van der Waals surface area contributed by atoms with Crippen LogP contribution in [0.3, 0.4) is 0 Å². The van der Waals surface area contributed by atoms with Crippen molar-refractivity contribution in [2.75, 3.05) is 0 Å². The Morgan fingerprint density at radius 1 is 1.05 bits per heavy atom. The molecule has 0 unspecified atom stereocenters. The molecule has 20 heavy (non-hydrogen) atoms. The zero-order valence-electron chi connectivity index (χ0n) is 10.3. The topological polar surface area (TPSA) is 87.6 Å². The summed E-state index contributed by atoms with van der Waals surface area (Å²) in [5, 5.41) is 30.9. The van der Waals surface area contributed by atoms with E-state index in [4.69, 9.17) is 5.26 Å². The van der Waals surface area contributed by atoms with Crippen LogP contribution in [0.1, 0.15) is 5.56 Å². The van der Waals surface area contributed by atoms with E-state index >= 15 is 0 Å². The third-order valence-corrected chi connectivity index (χ3v) is 2.79.